The number of nitrogens with zero attached hydrogens (tertiary/aromatic N) is 3. The first kappa shape index (κ1) is 16.1. The molecule has 0 bridgehead atoms. The quantitative estimate of drug-likeness (QED) is 0.822. The van der Waals surface area contributed by atoms with E-state index in [1.165, 1.54) is 24.5 Å². The van der Waals surface area contributed by atoms with Gasteiger partial charge in [-0.15, -0.1) is 0 Å². The molecule has 0 spiro atoms. The normalized spacial score (nSPS) is 23.6. The van der Waals surface area contributed by atoms with Gasteiger partial charge in [0.15, 0.2) is 0 Å². The number of amides is 1. The number of hydrogen-bond acceptors (Lipinski definition) is 4. The molecular weight excluding hydrogens is 314 g/mol. The van der Waals surface area contributed by atoms with Crippen molar-refractivity contribution in [1.82, 2.24) is 19.9 Å². The second-order valence-corrected chi connectivity index (χ2v) is 7.37. The number of carbonyl (C=O) groups is 1. The Labute approximate surface area is 147 Å². The van der Waals surface area contributed by atoms with Crippen molar-refractivity contribution in [3.8, 4) is 0 Å². The van der Waals surface area contributed by atoms with Gasteiger partial charge in [0.05, 0.1) is 5.39 Å². The van der Waals surface area contributed by atoms with Gasteiger partial charge in [0, 0.05) is 24.8 Å². The summed E-state index contributed by atoms with van der Waals surface area (Å²) in [7, 11) is 0. The van der Waals surface area contributed by atoms with Gasteiger partial charge >= 0.3 is 0 Å². The van der Waals surface area contributed by atoms with Crippen molar-refractivity contribution < 1.29 is 4.79 Å². The third-order valence-electron chi connectivity index (χ3n) is 5.44. The van der Waals surface area contributed by atoms with E-state index in [2.05, 4.69) is 40.0 Å². The molecule has 0 aromatic carbocycles. The minimum Gasteiger partial charge on any atom is -0.365 e. The molecule has 2 atom stereocenters. The Bertz CT molecular complexity index is 794. The molecule has 2 aromatic heterocycles. The Morgan fingerprint density at radius 1 is 1.40 bits per heavy atom. The summed E-state index contributed by atoms with van der Waals surface area (Å²) in [4.78, 5) is 26.1. The zero-order valence-electron chi connectivity index (χ0n) is 14.7. The molecule has 3 heterocycles. The van der Waals surface area contributed by atoms with E-state index in [1.54, 1.807) is 6.33 Å². The minimum atomic E-state index is 0.00269. The first-order chi connectivity index (χ1) is 12.2. The Balaban J connectivity index is 1.56. The summed E-state index contributed by atoms with van der Waals surface area (Å²) in [5, 5.41) is 4.68. The Morgan fingerprint density at radius 2 is 2.24 bits per heavy atom. The lowest BCUT2D eigenvalue weighted by atomic mass is 9.99. The van der Waals surface area contributed by atoms with Crippen molar-refractivity contribution in [2.45, 2.75) is 51.1 Å². The average Bonchev–Trinajstić information content (AvgIpc) is 3.34. The molecule has 4 rings (SSSR count). The number of fused-ring (bicyclic) bond motifs is 1. The van der Waals surface area contributed by atoms with E-state index in [0.717, 1.165) is 42.0 Å². The fourth-order valence-corrected chi connectivity index (χ4v) is 3.77. The third kappa shape index (κ3) is 3.25. The number of aromatic nitrogens is 3. The topological polar surface area (TPSA) is 73.9 Å². The van der Waals surface area contributed by atoms with Gasteiger partial charge < -0.3 is 15.2 Å². The maximum atomic E-state index is 12.1. The van der Waals surface area contributed by atoms with Crippen LogP contribution in [0.15, 0.2) is 25.2 Å². The number of hydrogen-bond donors (Lipinski definition) is 2. The monoisotopic (exact) mass is 339 g/mol. The molecule has 1 amide bonds. The molecular formula is C19H25N5O. The van der Waals surface area contributed by atoms with Crippen LogP contribution in [0.5, 0.6) is 0 Å². The van der Waals surface area contributed by atoms with E-state index in [9.17, 15) is 4.79 Å². The second-order valence-electron chi connectivity index (χ2n) is 7.37. The summed E-state index contributed by atoms with van der Waals surface area (Å²) in [6.07, 6.45) is 10.8. The lowest BCUT2D eigenvalue weighted by Crippen LogP contribution is -2.49. The Morgan fingerprint density at radius 3 is 3.00 bits per heavy atom. The summed E-state index contributed by atoms with van der Waals surface area (Å²) in [6.45, 7) is 6.40. The van der Waals surface area contributed by atoms with E-state index >= 15 is 0 Å². The number of piperidine rings is 1. The fourth-order valence-electron chi connectivity index (χ4n) is 3.77. The van der Waals surface area contributed by atoms with Gasteiger partial charge in [-0.1, -0.05) is 6.58 Å². The number of nitrogens with one attached hydrogen (secondary N) is 2. The van der Waals surface area contributed by atoms with Crippen LogP contribution in [0.2, 0.25) is 0 Å². The molecule has 1 aliphatic carbocycles. The Hall–Kier alpha value is -2.37. The van der Waals surface area contributed by atoms with Crippen molar-refractivity contribution in [2.24, 2.45) is 5.92 Å². The third-order valence-corrected chi connectivity index (χ3v) is 5.44. The van der Waals surface area contributed by atoms with E-state index in [0.29, 0.717) is 6.54 Å². The van der Waals surface area contributed by atoms with Crippen LogP contribution in [-0.4, -0.2) is 44.4 Å². The van der Waals surface area contributed by atoms with Crippen LogP contribution in [0.25, 0.3) is 11.0 Å². The number of anilines is 1. The van der Waals surface area contributed by atoms with Crippen molar-refractivity contribution in [3.05, 3.63) is 30.7 Å². The molecule has 25 heavy (non-hydrogen) atoms. The number of H-pyrrole nitrogens is 1. The van der Waals surface area contributed by atoms with Gasteiger partial charge in [-0.2, -0.15) is 0 Å². The molecule has 0 radical (unpaired) electrons. The highest BCUT2D eigenvalue weighted by Gasteiger charge is 2.29. The standard InChI is InChI=1S/C19H25N5O/c1-3-16(25)24-10-15(7-4-12(24)2)23-19-17-14(8-13-5-6-13)9-20-18(17)21-11-22-19/h3,9,11-13,15H,1,4-8,10H2,2H3,(H2,20,21,22,23)/t12-,15?/m0/s1. The molecule has 1 aliphatic heterocycles. The van der Waals surface area contributed by atoms with Gasteiger partial charge in [0.2, 0.25) is 5.91 Å². The summed E-state index contributed by atoms with van der Waals surface area (Å²) >= 11 is 0. The first-order valence-electron chi connectivity index (χ1n) is 9.16. The molecule has 1 saturated carbocycles. The molecule has 6 heteroatoms. The smallest absolute Gasteiger partial charge is 0.246 e. The van der Waals surface area contributed by atoms with Gasteiger partial charge in [-0.3, -0.25) is 4.79 Å². The van der Waals surface area contributed by atoms with Crippen LogP contribution in [0, 0.1) is 5.92 Å². The lowest BCUT2D eigenvalue weighted by Gasteiger charge is -2.38. The summed E-state index contributed by atoms with van der Waals surface area (Å²) in [6, 6.07) is 0.452. The van der Waals surface area contributed by atoms with Crippen LogP contribution < -0.4 is 5.32 Å². The predicted molar refractivity (Wildman–Crippen MR) is 98.3 cm³/mol. The molecule has 6 nitrogen and oxygen atoms in total. The SMILES string of the molecule is C=CC(=O)N1CC(Nc2ncnc3[nH]cc(CC4CC4)c23)CC[C@@H]1C. The van der Waals surface area contributed by atoms with Gasteiger partial charge in [0.25, 0.3) is 0 Å². The van der Waals surface area contributed by atoms with E-state index in [1.807, 2.05) is 4.90 Å². The van der Waals surface area contributed by atoms with Gasteiger partial charge in [-0.05, 0) is 56.6 Å². The van der Waals surface area contributed by atoms with Crippen molar-refractivity contribution in [1.29, 1.82) is 0 Å². The highest BCUT2D eigenvalue weighted by atomic mass is 16.2. The molecule has 1 saturated heterocycles. The lowest BCUT2D eigenvalue weighted by molar-refractivity contribution is -0.129. The first-order valence-corrected chi connectivity index (χ1v) is 9.16. The van der Waals surface area contributed by atoms with Gasteiger partial charge in [-0.25, -0.2) is 9.97 Å². The van der Waals surface area contributed by atoms with E-state index < -0.39 is 0 Å². The zero-order valence-corrected chi connectivity index (χ0v) is 14.7. The summed E-state index contributed by atoms with van der Waals surface area (Å²) < 4.78 is 0. The highest BCUT2D eigenvalue weighted by Crippen LogP contribution is 2.36. The maximum absolute atomic E-state index is 12.1. The van der Waals surface area contributed by atoms with Crippen molar-refractivity contribution in [3.63, 3.8) is 0 Å². The van der Waals surface area contributed by atoms with Gasteiger partial charge in [0.1, 0.15) is 17.8 Å². The van der Waals surface area contributed by atoms with Crippen LogP contribution in [0.4, 0.5) is 5.82 Å². The largest absolute Gasteiger partial charge is 0.365 e. The number of carbonyl (C=O) groups excluding carboxylic acids is 1. The number of rotatable bonds is 5. The zero-order chi connectivity index (χ0) is 17.4. The molecule has 2 N–H and O–H groups in total. The fraction of sp³-hybridized carbons (Fsp3) is 0.526. The molecule has 2 aliphatic rings. The molecule has 2 fully saturated rings. The van der Waals surface area contributed by atoms with Crippen molar-refractivity contribution in [2.75, 3.05) is 11.9 Å². The molecule has 132 valence electrons. The van der Waals surface area contributed by atoms with Crippen LogP contribution in [-0.2, 0) is 11.2 Å². The highest BCUT2D eigenvalue weighted by molar-refractivity contribution is 5.90. The van der Waals surface area contributed by atoms with E-state index in [-0.39, 0.29) is 18.0 Å². The average molecular weight is 339 g/mol. The maximum Gasteiger partial charge on any atom is 0.246 e. The molecule has 2 aromatic rings. The van der Waals surface area contributed by atoms with Crippen LogP contribution in [0.1, 0.15) is 38.2 Å². The predicted octanol–water partition coefficient (Wildman–Crippen LogP) is 2.89. The molecule has 1 unspecified atom stereocenters. The van der Waals surface area contributed by atoms with Crippen LogP contribution >= 0.6 is 0 Å². The second kappa shape index (κ2) is 6.50. The summed E-state index contributed by atoms with van der Waals surface area (Å²) in [5.41, 5.74) is 2.18. The Kier molecular flexibility index (Phi) is 4.19. The summed E-state index contributed by atoms with van der Waals surface area (Å²) in [5.74, 6) is 1.69. The van der Waals surface area contributed by atoms with E-state index in [4.69, 9.17) is 0 Å². The minimum absolute atomic E-state index is 0.00269. The van der Waals surface area contributed by atoms with Crippen LogP contribution in [0.3, 0.4) is 0 Å². The number of aromatic amines is 1. The number of likely N-dealkylation sites (tertiary alicyclic amines) is 1. The van der Waals surface area contributed by atoms with Crippen molar-refractivity contribution >= 4 is 22.8 Å².